The zero-order valence-electron chi connectivity index (χ0n) is 11.4. The third-order valence-electron chi connectivity index (χ3n) is 3.86. The molecule has 0 spiro atoms. The Labute approximate surface area is 118 Å². The highest BCUT2D eigenvalue weighted by molar-refractivity contribution is 9.10. The molecule has 3 heteroatoms. The molecule has 1 aliphatic carbocycles. The Morgan fingerprint density at radius 3 is 2.72 bits per heavy atom. The molecule has 100 valence electrons. The highest BCUT2D eigenvalue weighted by Gasteiger charge is 2.22. The fraction of sp³-hybridized carbons (Fsp3) is 0.600. The standard InChI is InChI=1S/C15H22BrNO/c1-10-4-6-13(8-10)17-11(2)12-5-7-15(18-3)14(16)9-12/h5,7,9-11,13,17H,4,6,8H2,1-3H3. The highest BCUT2D eigenvalue weighted by atomic mass is 79.9. The van der Waals surface area contributed by atoms with E-state index in [9.17, 15) is 0 Å². The molecule has 3 unspecified atom stereocenters. The summed E-state index contributed by atoms with van der Waals surface area (Å²) in [5, 5.41) is 3.73. The first-order valence-corrected chi connectivity index (χ1v) is 7.49. The summed E-state index contributed by atoms with van der Waals surface area (Å²) in [6.07, 6.45) is 3.97. The summed E-state index contributed by atoms with van der Waals surface area (Å²) in [7, 11) is 1.70. The van der Waals surface area contributed by atoms with Crippen LogP contribution in [0.3, 0.4) is 0 Å². The van der Waals surface area contributed by atoms with Gasteiger partial charge in [-0.05, 0) is 65.7 Å². The van der Waals surface area contributed by atoms with Crippen molar-refractivity contribution < 1.29 is 4.74 Å². The van der Waals surface area contributed by atoms with Crippen molar-refractivity contribution >= 4 is 15.9 Å². The largest absolute Gasteiger partial charge is 0.496 e. The second-order valence-corrected chi connectivity index (χ2v) is 6.25. The lowest BCUT2D eigenvalue weighted by Crippen LogP contribution is -2.29. The molecule has 1 fully saturated rings. The SMILES string of the molecule is COc1ccc(C(C)NC2CCC(C)C2)cc1Br. The van der Waals surface area contributed by atoms with Crippen LogP contribution in [0.2, 0.25) is 0 Å². The van der Waals surface area contributed by atoms with E-state index in [-0.39, 0.29) is 0 Å². The first kappa shape index (κ1) is 13.9. The molecule has 0 aliphatic heterocycles. The molecule has 0 radical (unpaired) electrons. The summed E-state index contributed by atoms with van der Waals surface area (Å²) in [6, 6.07) is 7.38. The molecule has 18 heavy (non-hydrogen) atoms. The Morgan fingerprint density at radius 1 is 1.39 bits per heavy atom. The van der Waals surface area contributed by atoms with Gasteiger partial charge < -0.3 is 10.1 Å². The predicted octanol–water partition coefficient (Wildman–Crippen LogP) is 4.30. The molecule has 1 aliphatic rings. The zero-order valence-corrected chi connectivity index (χ0v) is 13.0. The maximum Gasteiger partial charge on any atom is 0.133 e. The van der Waals surface area contributed by atoms with Gasteiger partial charge in [-0.25, -0.2) is 0 Å². The third kappa shape index (κ3) is 3.27. The summed E-state index contributed by atoms with van der Waals surface area (Å²) in [6.45, 7) is 4.58. The van der Waals surface area contributed by atoms with E-state index >= 15 is 0 Å². The normalized spacial score (nSPS) is 25.1. The lowest BCUT2D eigenvalue weighted by Gasteiger charge is -2.20. The van der Waals surface area contributed by atoms with Crippen LogP contribution < -0.4 is 10.1 Å². The van der Waals surface area contributed by atoms with Gasteiger partial charge in [-0.2, -0.15) is 0 Å². The quantitative estimate of drug-likeness (QED) is 0.895. The van der Waals surface area contributed by atoms with Gasteiger partial charge in [0.2, 0.25) is 0 Å². The molecule has 0 bridgehead atoms. The number of benzene rings is 1. The van der Waals surface area contributed by atoms with Gasteiger partial charge in [0, 0.05) is 12.1 Å². The van der Waals surface area contributed by atoms with Gasteiger partial charge in [0.15, 0.2) is 0 Å². The van der Waals surface area contributed by atoms with Crippen molar-refractivity contribution in [1.29, 1.82) is 0 Å². The number of hydrogen-bond acceptors (Lipinski definition) is 2. The minimum atomic E-state index is 0.391. The zero-order chi connectivity index (χ0) is 13.1. The maximum absolute atomic E-state index is 5.26. The molecule has 0 amide bonds. The number of ether oxygens (including phenoxy) is 1. The molecule has 1 saturated carbocycles. The van der Waals surface area contributed by atoms with Gasteiger partial charge in [0.25, 0.3) is 0 Å². The third-order valence-corrected chi connectivity index (χ3v) is 4.48. The first-order valence-electron chi connectivity index (χ1n) is 6.69. The van der Waals surface area contributed by atoms with Crippen LogP contribution in [0.15, 0.2) is 22.7 Å². The number of methoxy groups -OCH3 is 1. The minimum Gasteiger partial charge on any atom is -0.496 e. The van der Waals surface area contributed by atoms with Gasteiger partial charge in [-0.15, -0.1) is 0 Å². The Balaban J connectivity index is 2.00. The topological polar surface area (TPSA) is 21.3 Å². The predicted molar refractivity (Wildman–Crippen MR) is 79.0 cm³/mol. The molecule has 0 saturated heterocycles. The lowest BCUT2D eigenvalue weighted by atomic mass is 10.1. The van der Waals surface area contributed by atoms with Crippen LogP contribution in [0.1, 0.15) is 44.7 Å². The average Bonchev–Trinajstić information content (AvgIpc) is 2.74. The lowest BCUT2D eigenvalue weighted by molar-refractivity contribution is 0.411. The van der Waals surface area contributed by atoms with Crippen molar-refractivity contribution in [2.45, 2.75) is 45.2 Å². The maximum atomic E-state index is 5.26. The monoisotopic (exact) mass is 311 g/mol. The van der Waals surface area contributed by atoms with E-state index in [0.717, 1.165) is 16.1 Å². The van der Waals surface area contributed by atoms with Crippen molar-refractivity contribution in [3.63, 3.8) is 0 Å². The summed E-state index contributed by atoms with van der Waals surface area (Å²) >= 11 is 3.55. The van der Waals surface area contributed by atoms with Crippen molar-refractivity contribution in [1.82, 2.24) is 5.32 Å². The summed E-state index contributed by atoms with van der Waals surface area (Å²) < 4.78 is 6.28. The van der Waals surface area contributed by atoms with E-state index < -0.39 is 0 Å². The van der Waals surface area contributed by atoms with Gasteiger partial charge in [-0.1, -0.05) is 13.0 Å². The van der Waals surface area contributed by atoms with Gasteiger partial charge >= 0.3 is 0 Å². The van der Waals surface area contributed by atoms with E-state index in [1.165, 1.54) is 24.8 Å². The van der Waals surface area contributed by atoms with Crippen molar-refractivity contribution in [3.8, 4) is 5.75 Å². The molecule has 2 nitrogen and oxygen atoms in total. The van der Waals surface area contributed by atoms with Gasteiger partial charge in [-0.3, -0.25) is 0 Å². The highest BCUT2D eigenvalue weighted by Crippen LogP contribution is 2.30. The molecule has 0 heterocycles. The van der Waals surface area contributed by atoms with E-state index in [2.05, 4.69) is 47.2 Å². The summed E-state index contributed by atoms with van der Waals surface area (Å²) in [4.78, 5) is 0. The van der Waals surface area contributed by atoms with E-state index in [0.29, 0.717) is 12.1 Å². The van der Waals surface area contributed by atoms with E-state index in [1.54, 1.807) is 7.11 Å². The summed E-state index contributed by atoms with van der Waals surface area (Å²) in [5.74, 6) is 1.76. The molecular weight excluding hydrogens is 290 g/mol. The average molecular weight is 312 g/mol. The van der Waals surface area contributed by atoms with Crippen molar-refractivity contribution in [2.75, 3.05) is 7.11 Å². The summed E-state index contributed by atoms with van der Waals surface area (Å²) in [5.41, 5.74) is 1.31. The molecule has 0 aromatic heterocycles. The van der Waals surface area contributed by atoms with Crippen LogP contribution in [0.5, 0.6) is 5.75 Å². The Bertz CT molecular complexity index is 407. The van der Waals surface area contributed by atoms with Crippen LogP contribution in [-0.4, -0.2) is 13.2 Å². The Kier molecular flexibility index (Phi) is 4.68. The fourth-order valence-corrected chi connectivity index (χ4v) is 3.32. The van der Waals surface area contributed by atoms with Crippen molar-refractivity contribution in [2.24, 2.45) is 5.92 Å². The van der Waals surface area contributed by atoms with Crippen LogP contribution in [0, 0.1) is 5.92 Å². The van der Waals surface area contributed by atoms with E-state index in [4.69, 9.17) is 4.74 Å². The minimum absolute atomic E-state index is 0.391. The molecule has 1 aromatic rings. The van der Waals surface area contributed by atoms with Gasteiger partial charge in [0.05, 0.1) is 11.6 Å². The van der Waals surface area contributed by atoms with Gasteiger partial charge in [0.1, 0.15) is 5.75 Å². The number of hydrogen-bond donors (Lipinski definition) is 1. The molecule has 1 aromatic carbocycles. The van der Waals surface area contributed by atoms with Crippen molar-refractivity contribution in [3.05, 3.63) is 28.2 Å². The molecule has 3 atom stereocenters. The molecular formula is C15H22BrNO. The Hall–Kier alpha value is -0.540. The smallest absolute Gasteiger partial charge is 0.133 e. The van der Waals surface area contributed by atoms with Crippen LogP contribution in [0.25, 0.3) is 0 Å². The molecule has 1 N–H and O–H groups in total. The van der Waals surface area contributed by atoms with Crippen LogP contribution in [0.4, 0.5) is 0 Å². The first-order chi connectivity index (χ1) is 8.60. The van der Waals surface area contributed by atoms with Crippen LogP contribution >= 0.6 is 15.9 Å². The van der Waals surface area contributed by atoms with Crippen LogP contribution in [-0.2, 0) is 0 Å². The second-order valence-electron chi connectivity index (χ2n) is 5.40. The number of nitrogens with one attached hydrogen (secondary N) is 1. The molecule has 2 rings (SSSR count). The fourth-order valence-electron chi connectivity index (χ4n) is 2.76. The second kappa shape index (κ2) is 6.07. The number of halogens is 1. The van der Waals surface area contributed by atoms with E-state index in [1.807, 2.05) is 6.07 Å². The number of rotatable bonds is 4. The Morgan fingerprint density at radius 2 is 2.17 bits per heavy atom.